The Morgan fingerprint density at radius 3 is 2.90 bits per heavy atom. The summed E-state index contributed by atoms with van der Waals surface area (Å²) in [7, 11) is 0. The van der Waals surface area contributed by atoms with Gasteiger partial charge < -0.3 is 10.6 Å². The van der Waals surface area contributed by atoms with Crippen LogP contribution in [0.2, 0.25) is 5.02 Å². The first-order chi connectivity index (χ1) is 9.61. The Hall–Kier alpha value is -1.59. The van der Waals surface area contributed by atoms with Gasteiger partial charge in [0.1, 0.15) is 5.82 Å². The van der Waals surface area contributed by atoms with Crippen LogP contribution in [0.5, 0.6) is 0 Å². The van der Waals surface area contributed by atoms with Gasteiger partial charge in [0.15, 0.2) is 0 Å². The van der Waals surface area contributed by atoms with Crippen LogP contribution in [0, 0.1) is 0 Å². The number of pyridine rings is 1. The van der Waals surface area contributed by atoms with Crippen LogP contribution in [-0.4, -0.2) is 17.4 Å². The van der Waals surface area contributed by atoms with Crippen molar-refractivity contribution in [2.75, 3.05) is 17.2 Å². The van der Waals surface area contributed by atoms with Gasteiger partial charge in [-0.2, -0.15) is 0 Å². The molecule has 4 nitrogen and oxygen atoms in total. The lowest BCUT2D eigenvalue weighted by Crippen LogP contribution is -2.15. The van der Waals surface area contributed by atoms with E-state index < -0.39 is 0 Å². The fraction of sp³-hybridized carbons (Fsp3) is 0.143. The average Bonchev–Trinajstić information content (AvgIpc) is 2.44. The molecule has 1 heterocycles. The first kappa shape index (κ1) is 14.8. The Kier molecular flexibility index (Phi) is 4.98. The lowest BCUT2D eigenvalue weighted by atomic mass is 10.2. The SMILES string of the molecule is CCNc1ncccc1C(=O)Nc1ccc(Br)c(Cl)c1. The highest BCUT2D eigenvalue weighted by Crippen LogP contribution is 2.26. The molecule has 0 saturated heterocycles. The van der Waals surface area contributed by atoms with E-state index in [0.717, 1.165) is 4.47 Å². The Labute approximate surface area is 130 Å². The second-order valence-electron chi connectivity index (χ2n) is 4.01. The summed E-state index contributed by atoms with van der Waals surface area (Å²) in [4.78, 5) is 16.4. The molecule has 6 heteroatoms. The number of carbonyl (C=O) groups is 1. The fourth-order valence-electron chi connectivity index (χ4n) is 1.67. The summed E-state index contributed by atoms with van der Waals surface area (Å²) in [5, 5.41) is 6.40. The second kappa shape index (κ2) is 6.72. The van der Waals surface area contributed by atoms with Gasteiger partial charge in [0.25, 0.3) is 5.91 Å². The van der Waals surface area contributed by atoms with Crippen LogP contribution in [-0.2, 0) is 0 Å². The lowest BCUT2D eigenvalue weighted by molar-refractivity contribution is 0.102. The predicted molar refractivity (Wildman–Crippen MR) is 85.5 cm³/mol. The molecule has 104 valence electrons. The van der Waals surface area contributed by atoms with Crippen molar-refractivity contribution in [3.8, 4) is 0 Å². The van der Waals surface area contributed by atoms with Gasteiger partial charge in [0, 0.05) is 22.9 Å². The number of anilines is 2. The highest BCUT2D eigenvalue weighted by atomic mass is 79.9. The van der Waals surface area contributed by atoms with Gasteiger partial charge in [-0.25, -0.2) is 4.98 Å². The van der Waals surface area contributed by atoms with Gasteiger partial charge in [-0.15, -0.1) is 0 Å². The van der Waals surface area contributed by atoms with Gasteiger partial charge in [-0.3, -0.25) is 4.79 Å². The molecule has 2 N–H and O–H groups in total. The van der Waals surface area contributed by atoms with E-state index >= 15 is 0 Å². The third-order valence-electron chi connectivity index (χ3n) is 2.57. The van der Waals surface area contributed by atoms with Crippen LogP contribution < -0.4 is 10.6 Å². The third-order valence-corrected chi connectivity index (χ3v) is 3.81. The molecule has 0 spiro atoms. The van der Waals surface area contributed by atoms with Gasteiger partial charge in [0.2, 0.25) is 0 Å². The molecule has 0 saturated carbocycles. The molecule has 0 aliphatic carbocycles. The van der Waals surface area contributed by atoms with Crippen molar-refractivity contribution in [1.29, 1.82) is 0 Å². The van der Waals surface area contributed by atoms with Crippen LogP contribution in [0.15, 0.2) is 41.0 Å². The van der Waals surface area contributed by atoms with E-state index in [2.05, 4.69) is 31.5 Å². The van der Waals surface area contributed by atoms with Crippen molar-refractivity contribution in [3.05, 3.63) is 51.6 Å². The molecule has 0 unspecified atom stereocenters. The monoisotopic (exact) mass is 353 g/mol. The average molecular weight is 355 g/mol. The molecular weight excluding hydrogens is 342 g/mol. The molecule has 1 aromatic carbocycles. The van der Waals surface area contributed by atoms with Crippen molar-refractivity contribution in [2.24, 2.45) is 0 Å². The maximum atomic E-state index is 12.3. The number of rotatable bonds is 4. The summed E-state index contributed by atoms with van der Waals surface area (Å²) in [6.45, 7) is 2.65. The van der Waals surface area contributed by atoms with Crippen molar-refractivity contribution in [1.82, 2.24) is 4.98 Å². The number of halogens is 2. The normalized spacial score (nSPS) is 10.2. The van der Waals surface area contributed by atoms with Crippen LogP contribution in [0.1, 0.15) is 17.3 Å². The summed E-state index contributed by atoms with van der Waals surface area (Å²) in [5.74, 6) is 0.336. The van der Waals surface area contributed by atoms with E-state index in [1.54, 1.807) is 36.5 Å². The number of nitrogens with zero attached hydrogens (tertiary/aromatic N) is 1. The van der Waals surface area contributed by atoms with E-state index in [0.29, 0.717) is 28.6 Å². The van der Waals surface area contributed by atoms with E-state index in [4.69, 9.17) is 11.6 Å². The summed E-state index contributed by atoms with van der Waals surface area (Å²) in [6.07, 6.45) is 1.64. The van der Waals surface area contributed by atoms with E-state index in [1.807, 2.05) is 6.92 Å². The number of hydrogen-bond acceptors (Lipinski definition) is 3. The predicted octanol–water partition coefficient (Wildman–Crippen LogP) is 4.18. The van der Waals surface area contributed by atoms with Gasteiger partial charge in [-0.05, 0) is 53.2 Å². The summed E-state index contributed by atoms with van der Waals surface area (Å²) in [6, 6.07) is 8.70. The van der Waals surface area contributed by atoms with Gasteiger partial charge in [-0.1, -0.05) is 11.6 Å². The van der Waals surface area contributed by atoms with Gasteiger partial charge >= 0.3 is 0 Å². The molecule has 0 radical (unpaired) electrons. The number of hydrogen-bond donors (Lipinski definition) is 2. The largest absolute Gasteiger partial charge is 0.370 e. The maximum absolute atomic E-state index is 12.3. The lowest BCUT2D eigenvalue weighted by Gasteiger charge is -2.10. The molecule has 0 fully saturated rings. The first-order valence-electron chi connectivity index (χ1n) is 6.07. The van der Waals surface area contributed by atoms with E-state index in [1.165, 1.54) is 0 Å². The van der Waals surface area contributed by atoms with Crippen LogP contribution >= 0.6 is 27.5 Å². The fourth-order valence-corrected chi connectivity index (χ4v) is 2.10. The van der Waals surface area contributed by atoms with Crippen molar-refractivity contribution >= 4 is 44.9 Å². The van der Waals surface area contributed by atoms with Crippen molar-refractivity contribution < 1.29 is 4.79 Å². The topological polar surface area (TPSA) is 54.0 Å². The molecule has 1 amide bonds. The Morgan fingerprint density at radius 2 is 2.20 bits per heavy atom. The minimum absolute atomic E-state index is 0.229. The number of benzene rings is 1. The number of amides is 1. The Balaban J connectivity index is 2.21. The Bertz CT molecular complexity index is 634. The summed E-state index contributed by atoms with van der Waals surface area (Å²) < 4.78 is 0.784. The zero-order chi connectivity index (χ0) is 14.5. The van der Waals surface area contributed by atoms with E-state index in [9.17, 15) is 4.79 Å². The molecule has 0 aliphatic heterocycles. The second-order valence-corrected chi connectivity index (χ2v) is 5.27. The zero-order valence-electron chi connectivity index (χ0n) is 10.8. The molecule has 0 atom stereocenters. The van der Waals surface area contributed by atoms with E-state index in [-0.39, 0.29) is 5.91 Å². The molecular formula is C14H13BrClN3O. The smallest absolute Gasteiger partial charge is 0.259 e. The zero-order valence-corrected chi connectivity index (χ0v) is 13.1. The van der Waals surface area contributed by atoms with Crippen LogP contribution in [0.3, 0.4) is 0 Å². The minimum Gasteiger partial charge on any atom is -0.370 e. The Morgan fingerprint density at radius 1 is 1.40 bits per heavy atom. The molecule has 0 bridgehead atoms. The van der Waals surface area contributed by atoms with Gasteiger partial charge in [0.05, 0.1) is 10.6 Å². The molecule has 2 aromatic rings. The third kappa shape index (κ3) is 3.49. The highest BCUT2D eigenvalue weighted by molar-refractivity contribution is 9.10. The first-order valence-corrected chi connectivity index (χ1v) is 7.24. The van der Waals surface area contributed by atoms with Crippen molar-refractivity contribution in [2.45, 2.75) is 6.92 Å². The minimum atomic E-state index is -0.229. The molecule has 2 rings (SSSR count). The number of aromatic nitrogens is 1. The molecule has 1 aromatic heterocycles. The molecule has 20 heavy (non-hydrogen) atoms. The summed E-state index contributed by atoms with van der Waals surface area (Å²) in [5.41, 5.74) is 1.13. The van der Waals surface area contributed by atoms with Crippen LogP contribution in [0.25, 0.3) is 0 Å². The quantitative estimate of drug-likeness (QED) is 0.866. The maximum Gasteiger partial charge on any atom is 0.259 e. The number of nitrogens with one attached hydrogen (secondary N) is 2. The standard InChI is InChI=1S/C14H13BrClN3O/c1-2-17-13-10(4-3-7-18-13)14(20)19-9-5-6-11(15)12(16)8-9/h3-8H,2H2,1H3,(H,17,18)(H,19,20). The summed E-state index contributed by atoms with van der Waals surface area (Å²) >= 11 is 9.31. The molecule has 0 aliphatic rings. The van der Waals surface area contributed by atoms with Crippen molar-refractivity contribution in [3.63, 3.8) is 0 Å². The van der Waals surface area contributed by atoms with Crippen LogP contribution in [0.4, 0.5) is 11.5 Å². The highest BCUT2D eigenvalue weighted by Gasteiger charge is 2.12. The number of carbonyl (C=O) groups excluding carboxylic acids is 1.